The number of likely N-dealkylation sites (tertiary alicyclic amines) is 1. The molecule has 4 rings (SSSR count). The molecule has 1 saturated heterocycles. The van der Waals surface area contributed by atoms with Gasteiger partial charge in [-0.05, 0) is 37.5 Å². The van der Waals surface area contributed by atoms with Crippen molar-refractivity contribution in [3.05, 3.63) is 60.6 Å². The van der Waals surface area contributed by atoms with Crippen LogP contribution in [0.5, 0.6) is 0 Å². The number of amides is 1. The van der Waals surface area contributed by atoms with E-state index in [1.165, 1.54) is 0 Å². The Labute approximate surface area is 157 Å². The quantitative estimate of drug-likeness (QED) is 0.767. The van der Waals surface area contributed by atoms with Crippen LogP contribution in [0.4, 0.5) is 11.8 Å². The number of nitrogens with zero attached hydrogens (tertiary/aromatic N) is 6. The van der Waals surface area contributed by atoms with Crippen LogP contribution in [-0.4, -0.2) is 41.9 Å². The molecule has 0 saturated carbocycles. The molecular formula is C19H21N7O. The Balaban J connectivity index is 1.59. The zero-order chi connectivity index (χ0) is 18.6. The molecule has 0 spiro atoms. The second-order valence-electron chi connectivity index (χ2n) is 6.52. The van der Waals surface area contributed by atoms with Crippen molar-refractivity contribution in [2.45, 2.75) is 25.3 Å². The van der Waals surface area contributed by atoms with E-state index < -0.39 is 0 Å². The minimum absolute atomic E-state index is 0.0648. The first kappa shape index (κ1) is 17.1. The van der Waals surface area contributed by atoms with Crippen molar-refractivity contribution >= 4 is 17.7 Å². The van der Waals surface area contributed by atoms with Crippen LogP contribution in [0.1, 0.15) is 41.6 Å². The number of imidazole rings is 1. The number of aromatic nitrogens is 5. The second-order valence-corrected chi connectivity index (χ2v) is 6.52. The lowest BCUT2D eigenvalue weighted by atomic mass is 9.99. The van der Waals surface area contributed by atoms with Gasteiger partial charge in [-0.3, -0.25) is 4.79 Å². The number of hydrogen-bond acceptors (Lipinski definition) is 6. The molecule has 8 nitrogen and oxygen atoms in total. The highest BCUT2D eigenvalue weighted by atomic mass is 16.2. The van der Waals surface area contributed by atoms with E-state index in [0.717, 1.165) is 25.0 Å². The molecule has 0 unspecified atom stereocenters. The van der Waals surface area contributed by atoms with Crippen molar-refractivity contribution in [1.29, 1.82) is 0 Å². The van der Waals surface area contributed by atoms with E-state index in [0.29, 0.717) is 24.1 Å². The van der Waals surface area contributed by atoms with Crippen LogP contribution in [0.25, 0.3) is 0 Å². The number of anilines is 2. The van der Waals surface area contributed by atoms with Gasteiger partial charge in [0, 0.05) is 38.4 Å². The van der Waals surface area contributed by atoms with E-state index in [1.54, 1.807) is 29.4 Å². The largest absolute Gasteiger partial charge is 0.330 e. The fraction of sp³-hybridized carbons (Fsp3) is 0.316. The Morgan fingerprint density at radius 1 is 1.11 bits per heavy atom. The molecule has 3 aromatic heterocycles. The number of hydrogen-bond donors (Lipinski definition) is 1. The Kier molecular flexibility index (Phi) is 4.78. The third kappa shape index (κ3) is 3.64. The molecular weight excluding hydrogens is 342 g/mol. The summed E-state index contributed by atoms with van der Waals surface area (Å²) in [6.45, 7) is 0.698. The maximum absolute atomic E-state index is 13.0. The summed E-state index contributed by atoms with van der Waals surface area (Å²) in [6, 6.07) is 7.39. The smallest absolute Gasteiger partial charge is 0.290 e. The molecule has 0 bridgehead atoms. The van der Waals surface area contributed by atoms with Crippen LogP contribution < -0.4 is 5.32 Å². The number of nitrogens with one attached hydrogen (secondary N) is 1. The Bertz CT molecular complexity index is 925. The molecule has 27 heavy (non-hydrogen) atoms. The topological polar surface area (TPSA) is 88.8 Å². The third-order valence-corrected chi connectivity index (χ3v) is 4.70. The highest BCUT2D eigenvalue weighted by Gasteiger charge is 2.31. The summed E-state index contributed by atoms with van der Waals surface area (Å²) < 4.78 is 1.75. The van der Waals surface area contributed by atoms with Crippen LogP contribution in [0.3, 0.4) is 0 Å². The van der Waals surface area contributed by atoms with Gasteiger partial charge in [0.05, 0.1) is 11.7 Å². The number of carbonyl (C=O) groups is 1. The number of carbonyl (C=O) groups excluding carboxylic acids is 1. The third-order valence-electron chi connectivity index (χ3n) is 4.70. The summed E-state index contributed by atoms with van der Waals surface area (Å²) in [7, 11) is 1.83. The Morgan fingerprint density at radius 3 is 2.81 bits per heavy atom. The van der Waals surface area contributed by atoms with Crippen molar-refractivity contribution in [1.82, 2.24) is 29.4 Å². The molecule has 1 aliphatic heterocycles. The lowest BCUT2D eigenvalue weighted by Crippen LogP contribution is -2.40. The zero-order valence-electron chi connectivity index (χ0n) is 15.1. The van der Waals surface area contributed by atoms with Crippen LogP contribution in [-0.2, 0) is 7.05 Å². The van der Waals surface area contributed by atoms with Gasteiger partial charge in [0.1, 0.15) is 5.82 Å². The molecule has 0 aliphatic carbocycles. The average Bonchev–Trinajstić information content (AvgIpc) is 3.14. The van der Waals surface area contributed by atoms with Gasteiger partial charge in [-0.15, -0.1) is 0 Å². The Morgan fingerprint density at radius 2 is 2.04 bits per heavy atom. The van der Waals surface area contributed by atoms with Gasteiger partial charge >= 0.3 is 0 Å². The molecule has 1 amide bonds. The van der Waals surface area contributed by atoms with Gasteiger partial charge in [-0.25, -0.2) is 19.9 Å². The first-order chi connectivity index (χ1) is 13.2. The average molecular weight is 363 g/mol. The maximum atomic E-state index is 13.0. The van der Waals surface area contributed by atoms with Gasteiger partial charge in [-0.1, -0.05) is 6.07 Å². The first-order valence-electron chi connectivity index (χ1n) is 9.01. The van der Waals surface area contributed by atoms with Gasteiger partial charge in [0.15, 0.2) is 5.82 Å². The summed E-state index contributed by atoms with van der Waals surface area (Å²) in [5.74, 6) is 1.54. The molecule has 1 N–H and O–H groups in total. The van der Waals surface area contributed by atoms with Gasteiger partial charge in [0.2, 0.25) is 5.95 Å². The molecule has 4 heterocycles. The molecule has 0 radical (unpaired) electrons. The van der Waals surface area contributed by atoms with Crippen molar-refractivity contribution < 1.29 is 4.79 Å². The zero-order valence-corrected chi connectivity index (χ0v) is 15.1. The number of aryl methyl sites for hydroxylation is 1. The van der Waals surface area contributed by atoms with Crippen molar-refractivity contribution in [2.75, 3.05) is 11.9 Å². The first-order valence-corrected chi connectivity index (χ1v) is 9.01. The normalized spacial score (nSPS) is 16.9. The van der Waals surface area contributed by atoms with Crippen molar-refractivity contribution in [2.24, 2.45) is 7.05 Å². The maximum Gasteiger partial charge on any atom is 0.290 e. The van der Waals surface area contributed by atoms with Crippen LogP contribution in [0.2, 0.25) is 0 Å². The van der Waals surface area contributed by atoms with Gasteiger partial charge < -0.3 is 14.8 Å². The number of pyridine rings is 1. The predicted molar refractivity (Wildman–Crippen MR) is 100 cm³/mol. The summed E-state index contributed by atoms with van der Waals surface area (Å²) in [5, 5.41) is 3.11. The highest BCUT2D eigenvalue weighted by Crippen LogP contribution is 2.31. The fourth-order valence-electron chi connectivity index (χ4n) is 3.35. The Hall–Kier alpha value is -3.29. The van der Waals surface area contributed by atoms with E-state index in [9.17, 15) is 4.79 Å². The van der Waals surface area contributed by atoms with Crippen LogP contribution in [0.15, 0.2) is 49.1 Å². The highest BCUT2D eigenvalue weighted by molar-refractivity contribution is 5.91. The molecule has 1 aliphatic rings. The van der Waals surface area contributed by atoms with E-state index >= 15 is 0 Å². The lowest BCUT2D eigenvalue weighted by molar-refractivity contribution is 0.0589. The summed E-state index contributed by atoms with van der Waals surface area (Å²) in [4.78, 5) is 32.3. The predicted octanol–water partition coefficient (Wildman–Crippen LogP) is 2.72. The number of piperidine rings is 1. The van der Waals surface area contributed by atoms with E-state index in [-0.39, 0.29) is 11.9 Å². The summed E-state index contributed by atoms with van der Waals surface area (Å²) in [6.07, 6.45) is 9.76. The van der Waals surface area contributed by atoms with E-state index in [1.807, 2.05) is 36.2 Å². The second kappa shape index (κ2) is 7.53. The van der Waals surface area contributed by atoms with Crippen molar-refractivity contribution in [3.8, 4) is 0 Å². The monoisotopic (exact) mass is 363 g/mol. The van der Waals surface area contributed by atoms with Gasteiger partial charge in [0.25, 0.3) is 5.91 Å². The molecule has 0 aromatic carbocycles. The molecule has 1 atom stereocenters. The standard InChI is InChI=1S/C19H21N7O/c1-25-13-11-21-17(25)18(27)26-12-5-3-6-15(26)14-8-10-22-19(23-14)24-16-7-2-4-9-20-16/h2,4,7-11,13,15H,3,5-6,12H2,1H3,(H,20,22,23,24)/t15-/m1/s1. The van der Waals surface area contributed by atoms with Crippen LogP contribution >= 0.6 is 0 Å². The summed E-state index contributed by atoms with van der Waals surface area (Å²) >= 11 is 0. The molecule has 3 aromatic rings. The SMILES string of the molecule is Cn1ccnc1C(=O)N1CCCC[C@@H]1c1ccnc(Nc2ccccn2)n1. The van der Waals surface area contributed by atoms with Crippen LogP contribution in [0, 0.1) is 0 Å². The number of rotatable bonds is 4. The molecule has 138 valence electrons. The van der Waals surface area contributed by atoms with Crippen molar-refractivity contribution in [3.63, 3.8) is 0 Å². The lowest BCUT2D eigenvalue weighted by Gasteiger charge is -2.35. The fourth-order valence-corrected chi connectivity index (χ4v) is 3.35. The minimum atomic E-state index is -0.0877. The van der Waals surface area contributed by atoms with E-state index in [4.69, 9.17) is 0 Å². The molecule has 1 fully saturated rings. The van der Waals surface area contributed by atoms with Gasteiger partial charge in [-0.2, -0.15) is 0 Å². The van der Waals surface area contributed by atoms with E-state index in [2.05, 4.69) is 25.3 Å². The molecule has 8 heteroatoms. The minimum Gasteiger partial charge on any atom is -0.330 e. The summed E-state index contributed by atoms with van der Waals surface area (Å²) in [5.41, 5.74) is 0.825.